The normalized spacial score (nSPS) is 14.6. The molecule has 1 aliphatic rings. The van der Waals surface area contributed by atoms with Crippen molar-refractivity contribution < 1.29 is 0 Å². The van der Waals surface area contributed by atoms with Gasteiger partial charge in [-0.25, -0.2) is 0 Å². The third-order valence-electron chi connectivity index (χ3n) is 8.00. The van der Waals surface area contributed by atoms with E-state index in [4.69, 9.17) is 0 Å². The van der Waals surface area contributed by atoms with Gasteiger partial charge in [-0.3, -0.25) is 0 Å². The summed E-state index contributed by atoms with van der Waals surface area (Å²) < 4.78 is 0. The molecular formula is C34H57N2+. The molecule has 2 nitrogen and oxygen atoms in total. The van der Waals surface area contributed by atoms with Gasteiger partial charge in [-0.1, -0.05) is 170 Å². The van der Waals surface area contributed by atoms with E-state index in [-0.39, 0.29) is 0 Å². The molecule has 0 saturated carbocycles. The summed E-state index contributed by atoms with van der Waals surface area (Å²) in [6.07, 6.45) is 34.0. The highest BCUT2D eigenvalue weighted by Crippen LogP contribution is 2.36. The fraction of sp³-hybridized carbons (Fsp3) is 0.735. The zero-order chi connectivity index (χ0) is 25.5. The number of benzene rings is 1. The van der Waals surface area contributed by atoms with Crippen molar-refractivity contribution in [2.75, 3.05) is 0 Å². The second-order valence-electron chi connectivity index (χ2n) is 11.2. The summed E-state index contributed by atoms with van der Waals surface area (Å²) >= 11 is 0. The van der Waals surface area contributed by atoms with Crippen LogP contribution in [-0.2, 0) is 6.42 Å². The first-order valence-corrected chi connectivity index (χ1v) is 15.8. The van der Waals surface area contributed by atoms with Gasteiger partial charge in [0.15, 0.2) is 12.4 Å². The summed E-state index contributed by atoms with van der Waals surface area (Å²) in [6, 6.07) is 11.1. The molecule has 0 saturated heterocycles. The van der Waals surface area contributed by atoms with Crippen molar-refractivity contribution in [2.45, 2.75) is 149 Å². The second kappa shape index (κ2) is 21.5. The Morgan fingerprint density at radius 3 is 1.50 bits per heavy atom. The Morgan fingerprint density at radius 1 is 0.556 bits per heavy atom. The van der Waals surface area contributed by atoms with Crippen LogP contribution in [0.15, 0.2) is 40.3 Å². The van der Waals surface area contributed by atoms with Gasteiger partial charge < -0.3 is 0 Å². The van der Waals surface area contributed by atoms with Crippen LogP contribution in [0.25, 0.3) is 0 Å². The number of hydrogen-bond acceptors (Lipinski definition) is 2. The molecule has 0 N–H and O–H groups in total. The zero-order valence-corrected chi connectivity index (χ0v) is 23.9. The predicted molar refractivity (Wildman–Crippen MR) is 161 cm³/mol. The van der Waals surface area contributed by atoms with Gasteiger partial charge >= 0.3 is 0 Å². The highest BCUT2D eigenvalue weighted by atomic mass is 15.0. The SMILES string of the molecule is CCCCCCCCCCCCCCCCCCCC(Cc1ccccc1)C(CCC)[C+]1N=CC=N1. The monoisotopic (exact) mass is 493 g/mol. The van der Waals surface area contributed by atoms with Gasteiger partial charge in [-0.05, 0) is 30.7 Å². The molecule has 0 aliphatic carbocycles. The molecule has 2 rings (SSSR count). The molecule has 2 atom stereocenters. The summed E-state index contributed by atoms with van der Waals surface area (Å²) in [5.41, 5.74) is 1.46. The lowest BCUT2D eigenvalue weighted by Gasteiger charge is -2.25. The minimum atomic E-state index is 0.492. The summed E-state index contributed by atoms with van der Waals surface area (Å²) in [6.45, 7) is 4.60. The van der Waals surface area contributed by atoms with Crippen LogP contribution >= 0.6 is 0 Å². The quantitative estimate of drug-likeness (QED) is 0.101. The average Bonchev–Trinajstić information content (AvgIpc) is 3.44. The topological polar surface area (TPSA) is 24.7 Å². The van der Waals surface area contributed by atoms with Crippen molar-refractivity contribution in [3.63, 3.8) is 0 Å². The number of unbranched alkanes of at least 4 members (excludes halogenated alkanes) is 16. The van der Waals surface area contributed by atoms with Crippen molar-refractivity contribution in [3.05, 3.63) is 42.1 Å². The summed E-state index contributed by atoms with van der Waals surface area (Å²) in [4.78, 5) is 9.23. The maximum Gasteiger partial charge on any atom is 0.244 e. The van der Waals surface area contributed by atoms with Crippen LogP contribution in [0.5, 0.6) is 0 Å². The van der Waals surface area contributed by atoms with E-state index in [9.17, 15) is 0 Å². The van der Waals surface area contributed by atoms with Gasteiger partial charge in [0.2, 0.25) is 6.17 Å². The largest absolute Gasteiger partial charge is 0.244 e. The Morgan fingerprint density at radius 2 is 1.03 bits per heavy atom. The van der Waals surface area contributed by atoms with Crippen LogP contribution in [0.4, 0.5) is 0 Å². The molecule has 0 amide bonds. The van der Waals surface area contributed by atoms with Gasteiger partial charge in [-0.15, -0.1) is 0 Å². The fourth-order valence-corrected chi connectivity index (χ4v) is 5.82. The molecule has 36 heavy (non-hydrogen) atoms. The summed E-state index contributed by atoms with van der Waals surface area (Å²) in [7, 11) is 0. The zero-order valence-electron chi connectivity index (χ0n) is 23.9. The van der Waals surface area contributed by atoms with Crippen LogP contribution in [0.3, 0.4) is 0 Å². The van der Waals surface area contributed by atoms with E-state index >= 15 is 0 Å². The molecule has 0 radical (unpaired) electrons. The number of nitrogens with zero attached hydrogens (tertiary/aromatic N) is 2. The second-order valence-corrected chi connectivity index (χ2v) is 11.2. The molecule has 1 aromatic rings. The Kier molecular flexibility index (Phi) is 18.3. The smallest absolute Gasteiger partial charge is 0.0965 e. The molecule has 0 fully saturated rings. The van der Waals surface area contributed by atoms with E-state index in [0.29, 0.717) is 11.8 Å². The minimum absolute atomic E-state index is 0.492. The summed E-state index contributed by atoms with van der Waals surface area (Å²) in [5, 5.41) is 0. The molecule has 0 bridgehead atoms. The number of rotatable bonds is 24. The van der Waals surface area contributed by atoms with E-state index in [2.05, 4.69) is 54.2 Å². The van der Waals surface area contributed by atoms with E-state index in [0.717, 1.165) is 12.6 Å². The highest BCUT2D eigenvalue weighted by molar-refractivity contribution is 6.18. The highest BCUT2D eigenvalue weighted by Gasteiger charge is 2.34. The first-order chi connectivity index (χ1) is 17.8. The van der Waals surface area contributed by atoms with Crippen LogP contribution in [0.2, 0.25) is 0 Å². The van der Waals surface area contributed by atoms with Gasteiger partial charge in [0.25, 0.3) is 0 Å². The van der Waals surface area contributed by atoms with E-state index in [1.807, 2.05) is 12.4 Å². The number of aliphatic imine (C=N–C) groups is 2. The Hall–Kier alpha value is -1.57. The first-order valence-electron chi connectivity index (χ1n) is 15.8. The lowest BCUT2D eigenvalue weighted by atomic mass is 9.79. The molecule has 0 spiro atoms. The Labute approximate surface area is 224 Å². The van der Waals surface area contributed by atoms with Crippen molar-refractivity contribution >= 4 is 12.4 Å². The van der Waals surface area contributed by atoms with Gasteiger partial charge in [-0.2, -0.15) is 0 Å². The molecule has 2 unspecified atom stereocenters. The molecule has 1 aromatic carbocycles. The number of hydrogen-bond donors (Lipinski definition) is 0. The van der Waals surface area contributed by atoms with Crippen LogP contribution < -0.4 is 0 Å². The maximum absolute atomic E-state index is 4.61. The van der Waals surface area contributed by atoms with Crippen molar-refractivity contribution in [3.8, 4) is 0 Å². The molecular weight excluding hydrogens is 436 g/mol. The molecule has 2 heteroatoms. The summed E-state index contributed by atoms with van der Waals surface area (Å²) in [5.74, 6) is 1.14. The van der Waals surface area contributed by atoms with Crippen LogP contribution in [0, 0.1) is 18.0 Å². The van der Waals surface area contributed by atoms with E-state index < -0.39 is 0 Å². The fourth-order valence-electron chi connectivity index (χ4n) is 5.82. The van der Waals surface area contributed by atoms with Gasteiger partial charge in [0.1, 0.15) is 0 Å². The third kappa shape index (κ3) is 14.2. The molecule has 1 aliphatic heterocycles. The van der Waals surface area contributed by atoms with Crippen molar-refractivity contribution in [1.82, 2.24) is 0 Å². The lowest BCUT2D eigenvalue weighted by Crippen LogP contribution is -2.22. The third-order valence-corrected chi connectivity index (χ3v) is 8.00. The van der Waals surface area contributed by atoms with Gasteiger partial charge in [0.05, 0.1) is 5.92 Å². The lowest BCUT2D eigenvalue weighted by molar-refractivity contribution is 0.290. The van der Waals surface area contributed by atoms with E-state index in [1.165, 1.54) is 134 Å². The molecule has 1 heterocycles. The predicted octanol–water partition coefficient (Wildman–Crippen LogP) is 10.9. The average molecular weight is 494 g/mol. The van der Waals surface area contributed by atoms with Crippen LogP contribution in [-0.4, -0.2) is 12.4 Å². The molecule has 202 valence electrons. The Bertz CT molecular complexity index is 653. The maximum atomic E-state index is 4.61. The first kappa shape index (κ1) is 30.7. The van der Waals surface area contributed by atoms with Gasteiger partial charge in [0, 0.05) is 0 Å². The standard InChI is InChI=1S/C34H57N2/c1-3-5-6-7-8-9-10-11-12-13-14-15-16-17-18-19-23-27-32(30-31-25-21-20-22-26-31)33(24-4-2)34-35-28-29-36-34/h20-22,25-26,28-29,32-33H,3-19,23-24,27,30H2,1-2H3/q+1. The van der Waals surface area contributed by atoms with E-state index in [1.54, 1.807) is 0 Å². The minimum Gasteiger partial charge on any atom is -0.0965 e. The Balaban J connectivity index is 1.53. The molecule has 0 aromatic heterocycles. The van der Waals surface area contributed by atoms with Crippen molar-refractivity contribution in [2.24, 2.45) is 21.8 Å². The van der Waals surface area contributed by atoms with Crippen LogP contribution in [0.1, 0.15) is 148 Å². The van der Waals surface area contributed by atoms with Crippen molar-refractivity contribution in [1.29, 1.82) is 0 Å².